The van der Waals surface area contributed by atoms with Gasteiger partial charge in [0.2, 0.25) is 17.7 Å². The van der Waals surface area contributed by atoms with Gasteiger partial charge >= 0.3 is 0 Å². The van der Waals surface area contributed by atoms with Crippen LogP contribution in [0, 0.1) is 0 Å². The number of anilines is 1. The van der Waals surface area contributed by atoms with E-state index in [-0.39, 0.29) is 55.6 Å². The Kier molecular flexibility index (Phi) is 9.68. The highest BCUT2D eigenvalue weighted by Crippen LogP contribution is 2.27. The zero-order valence-electron chi connectivity index (χ0n) is 15.6. The Morgan fingerprint density at radius 1 is 0.964 bits per heavy atom. The summed E-state index contributed by atoms with van der Waals surface area (Å²) < 4.78 is 0. The molecule has 0 unspecified atom stereocenters. The summed E-state index contributed by atoms with van der Waals surface area (Å²) in [4.78, 5) is 41.5. The number of para-hydroxylation sites is 1. The molecule has 2 aliphatic heterocycles. The number of carbonyl (C=O) groups excluding carboxylic acids is 3. The highest BCUT2D eigenvalue weighted by Gasteiger charge is 2.27. The minimum Gasteiger partial charge on any atom is -0.346 e. The Bertz CT molecular complexity index is 696. The number of nitrogens with zero attached hydrogens (tertiary/aromatic N) is 3. The predicted molar refractivity (Wildman–Crippen MR) is 112 cm³/mol. The first-order valence-electron chi connectivity index (χ1n) is 8.93. The number of amides is 3. The van der Waals surface area contributed by atoms with Gasteiger partial charge in [-0.2, -0.15) is 0 Å². The van der Waals surface area contributed by atoms with Crippen LogP contribution in [0.15, 0.2) is 24.3 Å². The van der Waals surface area contributed by atoms with Crippen molar-refractivity contribution in [2.45, 2.75) is 6.42 Å². The van der Waals surface area contributed by atoms with E-state index >= 15 is 0 Å². The van der Waals surface area contributed by atoms with Crippen molar-refractivity contribution < 1.29 is 14.4 Å². The molecule has 0 aromatic heterocycles. The minimum absolute atomic E-state index is 0. The lowest BCUT2D eigenvalue weighted by molar-refractivity contribution is -0.134. The molecule has 1 aromatic rings. The topological polar surface area (TPSA) is 99.0 Å². The first-order valence-corrected chi connectivity index (χ1v) is 8.93. The summed E-state index contributed by atoms with van der Waals surface area (Å²) in [6.45, 7) is 3.36. The monoisotopic (exact) mass is 431 g/mol. The summed E-state index contributed by atoms with van der Waals surface area (Å²) >= 11 is 0. The van der Waals surface area contributed by atoms with Crippen molar-refractivity contribution in [3.8, 4) is 0 Å². The van der Waals surface area contributed by atoms with Crippen LogP contribution < -0.4 is 16.0 Å². The van der Waals surface area contributed by atoms with E-state index in [0.29, 0.717) is 32.7 Å². The number of nitrogens with two attached hydrogens (primary N) is 1. The zero-order chi connectivity index (χ0) is 18.5. The van der Waals surface area contributed by atoms with E-state index < -0.39 is 0 Å². The van der Waals surface area contributed by atoms with Crippen LogP contribution >= 0.6 is 24.8 Å². The van der Waals surface area contributed by atoms with E-state index in [2.05, 4.69) is 16.3 Å². The van der Waals surface area contributed by atoms with Crippen molar-refractivity contribution >= 4 is 48.2 Å². The second kappa shape index (κ2) is 11.2. The molecular formula is C18H27Cl2N5O3. The summed E-state index contributed by atoms with van der Waals surface area (Å²) in [5.74, 6) is -0.357. The number of fused-ring (bicyclic) bond motifs is 1. The van der Waals surface area contributed by atoms with Crippen molar-refractivity contribution in [1.82, 2.24) is 15.1 Å². The Morgan fingerprint density at radius 2 is 1.64 bits per heavy atom. The van der Waals surface area contributed by atoms with Crippen LogP contribution in [0.4, 0.5) is 5.69 Å². The van der Waals surface area contributed by atoms with E-state index in [1.165, 1.54) is 5.56 Å². The summed E-state index contributed by atoms with van der Waals surface area (Å²) in [5, 5.41) is 2.49. The van der Waals surface area contributed by atoms with Crippen LogP contribution in [0.2, 0.25) is 0 Å². The molecule has 156 valence electrons. The summed E-state index contributed by atoms with van der Waals surface area (Å²) in [6.07, 6.45) is 0.902. The molecule has 3 rings (SSSR count). The zero-order valence-corrected chi connectivity index (χ0v) is 17.3. The number of nitrogens with one attached hydrogen (secondary N) is 1. The van der Waals surface area contributed by atoms with E-state index in [1.54, 1.807) is 4.90 Å². The molecule has 0 atom stereocenters. The first kappa shape index (κ1) is 24.2. The van der Waals surface area contributed by atoms with Crippen LogP contribution in [-0.2, 0) is 20.8 Å². The average Bonchev–Trinajstić information content (AvgIpc) is 3.10. The molecule has 1 aromatic carbocycles. The number of halogens is 2. The molecule has 28 heavy (non-hydrogen) atoms. The van der Waals surface area contributed by atoms with Gasteiger partial charge in [0.25, 0.3) is 0 Å². The molecule has 1 saturated heterocycles. The molecule has 0 aliphatic carbocycles. The number of hydrogen-bond acceptors (Lipinski definition) is 5. The molecule has 10 heteroatoms. The molecule has 3 amide bonds. The highest BCUT2D eigenvalue weighted by atomic mass is 35.5. The quantitative estimate of drug-likeness (QED) is 0.662. The van der Waals surface area contributed by atoms with Gasteiger partial charge in [-0.15, -0.1) is 24.8 Å². The van der Waals surface area contributed by atoms with Crippen molar-refractivity contribution in [3.63, 3.8) is 0 Å². The maximum Gasteiger partial charge on any atom is 0.242 e. The van der Waals surface area contributed by atoms with E-state index in [4.69, 9.17) is 5.73 Å². The Balaban J connectivity index is 0.00000196. The fraction of sp³-hybridized carbons (Fsp3) is 0.500. The third kappa shape index (κ3) is 5.81. The summed E-state index contributed by atoms with van der Waals surface area (Å²) in [7, 11) is 0. The van der Waals surface area contributed by atoms with Crippen molar-refractivity contribution in [2.24, 2.45) is 5.73 Å². The second-order valence-corrected chi connectivity index (χ2v) is 6.56. The molecule has 2 aliphatic rings. The highest BCUT2D eigenvalue weighted by molar-refractivity contribution is 5.96. The summed E-state index contributed by atoms with van der Waals surface area (Å²) in [5.41, 5.74) is 7.44. The van der Waals surface area contributed by atoms with Crippen molar-refractivity contribution in [2.75, 3.05) is 57.3 Å². The lowest BCUT2D eigenvalue weighted by Gasteiger charge is -2.35. The molecule has 1 fully saturated rings. The van der Waals surface area contributed by atoms with E-state index in [0.717, 1.165) is 18.7 Å². The first-order chi connectivity index (χ1) is 12.6. The molecule has 2 heterocycles. The van der Waals surface area contributed by atoms with Crippen molar-refractivity contribution in [1.29, 1.82) is 0 Å². The maximum absolute atomic E-state index is 12.6. The third-order valence-electron chi connectivity index (χ3n) is 4.89. The summed E-state index contributed by atoms with van der Waals surface area (Å²) in [6, 6.07) is 8.01. The standard InChI is InChI=1S/C18H25N5O3.2ClH/c19-11-16(24)20-12-17(25)22-9-7-21(8-10-22)13-18(26)23-6-5-14-3-1-2-4-15(14)23;;/h1-4H,5-13,19H2,(H,20,24);2*1H. The minimum atomic E-state index is -0.339. The third-order valence-corrected chi connectivity index (χ3v) is 4.89. The van der Waals surface area contributed by atoms with Gasteiger partial charge in [-0.25, -0.2) is 0 Å². The Labute approximate surface area is 177 Å². The van der Waals surface area contributed by atoms with Crippen LogP contribution in [0.3, 0.4) is 0 Å². The number of piperazine rings is 1. The molecular weight excluding hydrogens is 405 g/mol. The number of hydrogen-bond donors (Lipinski definition) is 2. The van der Waals surface area contributed by atoms with Crippen molar-refractivity contribution in [3.05, 3.63) is 29.8 Å². The van der Waals surface area contributed by atoms with Crippen LogP contribution in [-0.4, -0.2) is 79.9 Å². The maximum atomic E-state index is 12.6. The van der Waals surface area contributed by atoms with Crippen LogP contribution in [0.1, 0.15) is 5.56 Å². The van der Waals surface area contributed by atoms with Crippen LogP contribution in [0.25, 0.3) is 0 Å². The van der Waals surface area contributed by atoms with Gasteiger partial charge in [-0.1, -0.05) is 18.2 Å². The van der Waals surface area contributed by atoms with Gasteiger partial charge < -0.3 is 20.9 Å². The predicted octanol–water partition coefficient (Wildman–Crippen LogP) is -0.362. The largest absolute Gasteiger partial charge is 0.346 e. The van der Waals surface area contributed by atoms with Gasteiger partial charge in [0.05, 0.1) is 19.6 Å². The molecule has 0 radical (unpaired) electrons. The van der Waals surface area contributed by atoms with Gasteiger partial charge in [0, 0.05) is 38.4 Å². The van der Waals surface area contributed by atoms with Gasteiger partial charge in [0.15, 0.2) is 0 Å². The van der Waals surface area contributed by atoms with E-state index in [9.17, 15) is 14.4 Å². The molecule has 8 nitrogen and oxygen atoms in total. The fourth-order valence-corrected chi connectivity index (χ4v) is 3.39. The molecule has 0 bridgehead atoms. The smallest absolute Gasteiger partial charge is 0.242 e. The van der Waals surface area contributed by atoms with Gasteiger partial charge in [-0.3, -0.25) is 19.3 Å². The van der Waals surface area contributed by atoms with Crippen LogP contribution in [0.5, 0.6) is 0 Å². The number of benzene rings is 1. The molecule has 0 spiro atoms. The fourth-order valence-electron chi connectivity index (χ4n) is 3.39. The SMILES string of the molecule is Cl.Cl.NCC(=O)NCC(=O)N1CCN(CC(=O)N2CCc3ccccc32)CC1. The van der Waals surface area contributed by atoms with E-state index in [1.807, 2.05) is 23.1 Å². The second-order valence-electron chi connectivity index (χ2n) is 6.56. The Hall–Kier alpha value is -1.87. The Morgan fingerprint density at radius 3 is 2.32 bits per heavy atom. The van der Waals surface area contributed by atoms with Gasteiger partial charge in [-0.05, 0) is 18.1 Å². The molecule has 3 N–H and O–H groups in total. The number of rotatable bonds is 5. The number of carbonyl (C=O) groups is 3. The lowest BCUT2D eigenvalue weighted by atomic mass is 10.2. The van der Waals surface area contributed by atoms with Gasteiger partial charge in [0.1, 0.15) is 0 Å². The molecule has 0 saturated carbocycles. The lowest BCUT2D eigenvalue weighted by Crippen LogP contribution is -2.53. The normalized spacial score (nSPS) is 15.9. The average molecular weight is 432 g/mol.